The Morgan fingerprint density at radius 1 is 1.39 bits per heavy atom. The number of nitrogens with zero attached hydrogens (tertiary/aromatic N) is 2. The van der Waals surface area contributed by atoms with Crippen molar-refractivity contribution in [2.24, 2.45) is 0 Å². The largest absolute Gasteiger partial charge is 0.487 e. The number of aromatic nitrogens is 2. The van der Waals surface area contributed by atoms with E-state index in [0.29, 0.717) is 11.5 Å². The molecule has 2 heterocycles. The van der Waals surface area contributed by atoms with E-state index in [2.05, 4.69) is 24.9 Å². The highest BCUT2D eigenvalue weighted by atomic mass is 16.5. The number of rotatable bonds is 1. The summed E-state index contributed by atoms with van der Waals surface area (Å²) in [5.41, 5.74) is 8.49. The molecule has 0 saturated heterocycles. The molecule has 0 unspecified atom stereocenters. The summed E-state index contributed by atoms with van der Waals surface area (Å²) in [6.45, 7) is 4.14. The maximum atomic E-state index is 6.00. The van der Waals surface area contributed by atoms with Gasteiger partial charge in [0, 0.05) is 12.0 Å². The monoisotopic (exact) mass is 244 g/mol. The number of benzene rings is 1. The Bertz CT molecular complexity index is 615. The molecule has 1 aromatic heterocycles. The molecule has 5 heteroatoms. The van der Waals surface area contributed by atoms with Crippen LogP contribution in [-0.2, 0) is 6.42 Å². The third-order valence-electron chi connectivity index (χ3n) is 3.18. The Morgan fingerprint density at radius 2 is 2.17 bits per heavy atom. The summed E-state index contributed by atoms with van der Waals surface area (Å²) >= 11 is 0. The van der Waals surface area contributed by atoms with Crippen LogP contribution in [0.2, 0.25) is 0 Å². The van der Waals surface area contributed by atoms with Gasteiger partial charge in [-0.25, -0.2) is 9.66 Å². The second-order valence-corrected chi connectivity index (χ2v) is 5.22. The van der Waals surface area contributed by atoms with Gasteiger partial charge in [-0.15, -0.1) is 0 Å². The average Bonchev–Trinajstić information content (AvgIpc) is 2.78. The molecule has 94 valence electrons. The van der Waals surface area contributed by atoms with E-state index in [1.807, 2.05) is 12.1 Å². The predicted molar refractivity (Wildman–Crippen MR) is 70.6 cm³/mol. The van der Waals surface area contributed by atoms with E-state index >= 15 is 0 Å². The lowest BCUT2D eigenvalue weighted by atomic mass is 10.00. The summed E-state index contributed by atoms with van der Waals surface area (Å²) in [5.74, 6) is 6.97. The number of para-hydroxylation sites is 1. The molecule has 18 heavy (non-hydrogen) atoms. The maximum absolute atomic E-state index is 6.00. The molecule has 2 aromatic rings. The Labute approximate surface area is 105 Å². The zero-order valence-electron chi connectivity index (χ0n) is 10.5. The molecule has 5 nitrogen and oxygen atoms in total. The Kier molecular flexibility index (Phi) is 2.08. The first-order valence-electron chi connectivity index (χ1n) is 5.87. The molecule has 0 saturated carbocycles. The van der Waals surface area contributed by atoms with Gasteiger partial charge in [0.15, 0.2) is 5.82 Å². The molecule has 0 atom stereocenters. The van der Waals surface area contributed by atoms with E-state index in [1.54, 1.807) is 0 Å². The number of ether oxygens (including phenoxy) is 1. The normalized spacial score (nSPS) is 16.3. The SMILES string of the molecule is CC1(C)Cc2cccc(-c3ncn(N)c3N)c2O1. The van der Waals surface area contributed by atoms with Crippen molar-refractivity contribution in [3.05, 3.63) is 30.1 Å². The second-order valence-electron chi connectivity index (χ2n) is 5.22. The van der Waals surface area contributed by atoms with E-state index in [0.717, 1.165) is 17.7 Å². The van der Waals surface area contributed by atoms with Crippen molar-refractivity contribution >= 4 is 5.82 Å². The topological polar surface area (TPSA) is 79.1 Å². The molecule has 3 rings (SSSR count). The van der Waals surface area contributed by atoms with Crippen molar-refractivity contribution in [2.75, 3.05) is 11.6 Å². The van der Waals surface area contributed by atoms with E-state index < -0.39 is 0 Å². The van der Waals surface area contributed by atoms with E-state index in [9.17, 15) is 0 Å². The summed E-state index contributed by atoms with van der Waals surface area (Å²) in [4.78, 5) is 4.24. The first kappa shape index (κ1) is 11.0. The quantitative estimate of drug-likeness (QED) is 0.746. The van der Waals surface area contributed by atoms with Crippen LogP contribution in [-0.4, -0.2) is 15.3 Å². The van der Waals surface area contributed by atoms with Crippen LogP contribution in [0.1, 0.15) is 19.4 Å². The molecule has 0 radical (unpaired) electrons. The van der Waals surface area contributed by atoms with Crippen LogP contribution in [0, 0.1) is 0 Å². The van der Waals surface area contributed by atoms with Crippen LogP contribution < -0.4 is 16.3 Å². The summed E-state index contributed by atoms with van der Waals surface area (Å²) in [7, 11) is 0. The molecular weight excluding hydrogens is 228 g/mol. The van der Waals surface area contributed by atoms with Gasteiger partial charge in [-0.05, 0) is 25.5 Å². The molecule has 0 bridgehead atoms. The van der Waals surface area contributed by atoms with Crippen LogP contribution in [0.3, 0.4) is 0 Å². The van der Waals surface area contributed by atoms with Crippen molar-refractivity contribution in [1.82, 2.24) is 9.66 Å². The van der Waals surface area contributed by atoms with Crippen LogP contribution in [0.25, 0.3) is 11.3 Å². The number of hydrogen-bond acceptors (Lipinski definition) is 4. The van der Waals surface area contributed by atoms with Crippen molar-refractivity contribution < 1.29 is 4.74 Å². The number of hydrogen-bond donors (Lipinski definition) is 2. The summed E-state index contributed by atoms with van der Waals surface area (Å²) in [5, 5.41) is 0. The highest BCUT2D eigenvalue weighted by Gasteiger charge is 2.32. The minimum absolute atomic E-state index is 0.182. The third-order valence-corrected chi connectivity index (χ3v) is 3.18. The lowest BCUT2D eigenvalue weighted by Crippen LogP contribution is -2.24. The Morgan fingerprint density at radius 3 is 2.83 bits per heavy atom. The van der Waals surface area contributed by atoms with Gasteiger partial charge >= 0.3 is 0 Å². The minimum Gasteiger partial charge on any atom is -0.487 e. The zero-order chi connectivity index (χ0) is 12.9. The van der Waals surface area contributed by atoms with Crippen LogP contribution in [0.15, 0.2) is 24.5 Å². The molecule has 0 spiro atoms. The lowest BCUT2D eigenvalue weighted by molar-refractivity contribution is 0.139. The fourth-order valence-corrected chi connectivity index (χ4v) is 2.38. The second kappa shape index (κ2) is 3.41. The fraction of sp³-hybridized carbons (Fsp3) is 0.308. The van der Waals surface area contributed by atoms with Crippen molar-refractivity contribution in [3.63, 3.8) is 0 Å². The van der Waals surface area contributed by atoms with Gasteiger partial charge in [-0.2, -0.15) is 0 Å². The predicted octanol–water partition coefficient (Wildman–Crippen LogP) is 1.56. The minimum atomic E-state index is -0.182. The lowest BCUT2D eigenvalue weighted by Gasteiger charge is -2.18. The number of imidazole rings is 1. The molecule has 1 aliphatic rings. The highest BCUT2D eigenvalue weighted by molar-refractivity contribution is 5.77. The number of nitrogen functional groups attached to an aromatic ring is 2. The van der Waals surface area contributed by atoms with Gasteiger partial charge < -0.3 is 16.3 Å². The van der Waals surface area contributed by atoms with Crippen molar-refractivity contribution in [1.29, 1.82) is 0 Å². The van der Waals surface area contributed by atoms with Gasteiger partial charge in [0.1, 0.15) is 23.4 Å². The summed E-state index contributed by atoms with van der Waals surface area (Å²) in [6, 6.07) is 6.02. The molecular formula is C13H16N4O. The van der Waals surface area contributed by atoms with E-state index in [-0.39, 0.29) is 5.60 Å². The standard InChI is InChI=1S/C13H16N4O/c1-13(2)6-8-4-3-5-9(11(8)18-13)10-12(14)17(15)7-16-10/h3-5,7H,6,14-15H2,1-2H3. The Balaban J connectivity index is 2.17. The summed E-state index contributed by atoms with van der Waals surface area (Å²) < 4.78 is 7.31. The van der Waals surface area contributed by atoms with Crippen LogP contribution in [0.4, 0.5) is 5.82 Å². The molecule has 0 amide bonds. The van der Waals surface area contributed by atoms with Crippen molar-refractivity contribution in [3.8, 4) is 17.0 Å². The molecule has 4 N–H and O–H groups in total. The highest BCUT2D eigenvalue weighted by Crippen LogP contribution is 2.42. The smallest absolute Gasteiger partial charge is 0.150 e. The van der Waals surface area contributed by atoms with Crippen LogP contribution >= 0.6 is 0 Å². The molecule has 0 fully saturated rings. The first-order valence-corrected chi connectivity index (χ1v) is 5.87. The summed E-state index contributed by atoms with van der Waals surface area (Å²) in [6.07, 6.45) is 2.39. The number of fused-ring (bicyclic) bond motifs is 1. The van der Waals surface area contributed by atoms with Crippen molar-refractivity contribution in [2.45, 2.75) is 25.9 Å². The van der Waals surface area contributed by atoms with Gasteiger partial charge in [0.05, 0.1) is 0 Å². The van der Waals surface area contributed by atoms with E-state index in [1.165, 1.54) is 16.6 Å². The zero-order valence-corrected chi connectivity index (χ0v) is 10.5. The number of anilines is 1. The van der Waals surface area contributed by atoms with Gasteiger partial charge in [-0.3, -0.25) is 0 Å². The first-order chi connectivity index (χ1) is 8.48. The van der Waals surface area contributed by atoms with E-state index in [4.69, 9.17) is 16.3 Å². The number of nitrogens with two attached hydrogens (primary N) is 2. The average molecular weight is 244 g/mol. The maximum Gasteiger partial charge on any atom is 0.150 e. The molecule has 0 aliphatic carbocycles. The van der Waals surface area contributed by atoms with Crippen LogP contribution in [0.5, 0.6) is 5.75 Å². The fourth-order valence-electron chi connectivity index (χ4n) is 2.38. The Hall–Kier alpha value is -2.17. The third kappa shape index (κ3) is 1.51. The van der Waals surface area contributed by atoms with Gasteiger partial charge in [-0.1, -0.05) is 12.1 Å². The van der Waals surface area contributed by atoms with Gasteiger partial charge in [0.2, 0.25) is 0 Å². The molecule has 1 aliphatic heterocycles. The molecule has 1 aromatic carbocycles. The van der Waals surface area contributed by atoms with Gasteiger partial charge in [0.25, 0.3) is 0 Å².